The Morgan fingerprint density at radius 1 is 1.12 bits per heavy atom. The number of aryl methyl sites for hydroxylation is 2. The lowest BCUT2D eigenvalue weighted by Gasteiger charge is -2.25. The summed E-state index contributed by atoms with van der Waals surface area (Å²) in [6, 6.07) is 10.6. The van der Waals surface area contributed by atoms with Crippen molar-refractivity contribution in [2.24, 2.45) is 0 Å². The molecule has 2 aromatic carbocycles. The van der Waals surface area contributed by atoms with Gasteiger partial charge < -0.3 is 14.3 Å². The van der Waals surface area contributed by atoms with Gasteiger partial charge in [0.25, 0.3) is 11.7 Å². The highest BCUT2D eigenvalue weighted by molar-refractivity contribution is 6.52. The average Bonchev–Trinajstić information content (AvgIpc) is 3.35. The van der Waals surface area contributed by atoms with E-state index in [-0.39, 0.29) is 21.9 Å². The number of methoxy groups -OCH3 is 1. The number of carbonyl (C=O) groups is 2. The van der Waals surface area contributed by atoms with Crippen LogP contribution in [-0.2, 0) is 9.59 Å². The van der Waals surface area contributed by atoms with Gasteiger partial charge in [-0.2, -0.15) is 0 Å². The molecule has 2 heterocycles. The summed E-state index contributed by atoms with van der Waals surface area (Å²) >= 11 is 12.4. The fourth-order valence-electron chi connectivity index (χ4n) is 3.94. The van der Waals surface area contributed by atoms with Gasteiger partial charge in [-0.1, -0.05) is 23.2 Å². The molecule has 6 nitrogen and oxygen atoms in total. The van der Waals surface area contributed by atoms with Crippen LogP contribution in [0.5, 0.6) is 5.75 Å². The van der Waals surface area contributed by atoms with Gasteiger partial charge in [-0.3, -0.25) is 14.5 Å². The van der Waals surface area contributed by atoms with Crippen LogP contribution in [0.1, 0.15) is 28.5 Å². The van der Waals surface area contributed by atoms with Crippen molar-refractivity contribution in [2.45, 2.75) is 19.9 Å². The van der Waals surface area contributed by atoms with Crippen LogP contribution in [0.15, 0.2) is 58.7 Å². The van der Waals surface area contributed by atoms with Crippen molar-refractivity contribution in [3.63, 3.8) is 0 Å². The Bertz CT molecular complexity index is 1260. The summed E-state index contributed by atoms with van der Waals surface area (Å²) in [5, 5.41) is 12.1. The van der Waals surface area contributed by atoms with Crippen LogP contribution in [0.25, 0.3) is 5.76 Å². The number of benzene rings is 2. The normalized spacial score (nSPS) is 17.8. The Hall–Kier alpha value is -3.22. The zero-order valence-electron chi connectivity index (χ0n) is 17.5. The Balaban J connectivity index is 2.00. The minimum Gasteiger partial charge on any atom is -0.507 e. The summed E-state index contributed by atoms with van der Waals surface area (Å²) in [5.74, 6) is -1.53. The van der Waals surface area contributed by atoms with Crippen molar-refractivity contribution in [1.29, 1.82) is 0 Å². The zero-order valence-corrected chi connectivity index (χ0v) is 19.0. The third kappa shape index (κ3) is 3.55. The third-order valence-corrected chi connectivity index (χ3v) is 5.84. The molecule has 1 amide bonds. The fourth-order valence-corrected chi connectivity index (χ4v) is 4.52. The topological polar surface area (TPSA) is 80.0 Å². The smallest absolute Gasteiger partial charge is 0.300 e. The molecule has 1 fully saturated rings. The largest absolute Gasteiger partial charge is 0.507 e. The zero-order chi connectivity index (χ0) is 23.2. The molecule has 164 valence electrons. The van der Waals surface area contributed by atoms with Crippen molar-refractivity contribution in [3.05, 3.63) is 86.8 Å². The minimum atomic E-state index is -0.992. The molecule has 1 atom stereocenters. The van der Waals surface area contributed by atoms with E-state index in [2.05, 4.69) is 0 Å². The SMILES string of the molecule is COc1c(Cl)cc(C)cc1/C(O)=C1/C(=O)C(=O)N(c2ccc(Cl)cc2C)C1c1ccco1. The summed E-state index contributed by atoms with van der Waals surface area (Å²) in [6.07, 6.45) is 1.44. The van der Waals surface area contributed by atoms with E-state index in [1.165, 1.54) is 18.3 Å². The van der Waals surface area contributed by atoms with Crippen LogP contribution < -0.4 is 9.64 Å². The van der Waals surface area contributed by atoms with Gasteiger partial charge in [-0.25, -0.2) is 0 Å². The van der Waals surface area contributed by atoms with Crippen LogP contribution in [-0.4, -0.2) is 23.9 Å². The Morgan fingerprint density at radius 2 is 1.88 bits per heavy atom. The number of carbonyl (C=O) groups excluding carboxylic acids is 2. The molecule has 0 bridgehead atoms. The standard InChI is InChI=1S/C24H19Cl2NO5/c1-12-9-15(23(31-3)16(26)10-12)21(28)19-20(18-5-4-8-32-18)27(24(30)22(19)29)17-7-6-14(25)11-13(17)2/h4-11,20,28H,1-3H3/b21-19-. The number of aliphatic hydroxyl groups excluding tert-OH is 1. The maximum atomic E-state index is 13.2. The molecular formula is C24H19Cl2NO5. The van der Waals surface area contributed by atoms with Crippen molar-refractivity contribution in [1.82, 2.24) is 0 Å². The molecule has 1 aliphatic heterocycles. The summed E-state index contributed by atoms with van der Waals surface area (Å²) in [5.41, 5.74) is 1.99. The molecule has 0 spiro atoms. The molecule has 1 saturated heterocycles. The molecule has 32 heavy (non-hydrogen) atoms. The lowest BCUT2D eigenvalue weighted by molar-refractivity contribution is -0.132. The van der Waals surface area contributed by atoms with Gasteiger partial charge >= 0.3 is 0 Å². The molecule has 1 N–H and O–H groups in total. The van der Waals surface area contributed by atoms with Crippen LogP contribution >= 0.6 is 23.2 Å². The van der Waals surface area contributed by atoms with E-state index in [0.717, 1.165) is 5.56 Å². The summed E-state index contributed by atoms with van der Waals surface area (Å²) in [4.78, 5) is 27.7. The fraction of sp³-hybridized carbons (Fsp3) is 0.167. The Kier molecular flexibility index (Phi) is 5.75. The van der Waals surface area contributed by atoms with E-state index in [1.807, 2.05) is 0 Å². The number of halogens is 2. The van der Waals surface area contributed by atoms with Crippen LogP contribution in [0.3, 0.4) is 0 Å². The molecule has 1 aromatic heterocycles. The van der Waals surface area contributed by atoms with Gasteiger partial charge in [0.1, 0.15) is 23.3 Å². The molecule has 3 aromatic rings. The lowest BCUT2D eigenvalue weighted by atomic mass is 9.97. The third-order valence-electron chi connectivity index (χ3n) is 5.32. The van der Waals surface area contributed by atoms with Crippen LogP contribution in [0, 0.1) is 13.8 Å². The van der Waals surface area contributed by atoms with Crippen LogP contribution in [0.2, 0.25) is 10.0 Å². The highest BCUT2D eigenvalue weighted by Gasteiger charge is 2.49. The number of Topliss-reactive ketones (excluding diaryl/α,β-unsaturated/α-hetero) is 1. The van der Waals surface area contributed by atoms with Crippen molar-refractivity contribution in [2.75, 3.05) is 12.0 Å². The monoisotopic (exact) mass is 471 g/mol. The van der Waals surface area contributed by atoms with Gasteiger partial charge in [0.2, 0.25) is 0 Å². The molecule has 0 saturated carbocycles. The van der Waals surface area contributed by atoms with Gasteiger partial charge in [0.15, 0.2) is 0 Å². The summed E-state index contributed by atoms with van der Waals surface area (Å²) < 4.78 is 10.9. The molecule has 1 unspecified atom stereocenters. The average molecular weight is 472 g/mol. The summed E-state index contributed by atoms with van der Waals surface area (Å²) in [7, 11) is 1.41. The number of furan rings is 1. The van der Waals surface area contributed by atoms with Crippen molar-refractivity contribution >= 4 is 46.3 Å². The quantitative estimate of drug-likeness (QED) is 0.293. The van der Waals surface area contributed by atoms with Crippen LogP contribution in [0.4, 0.5) is 5.69 Å². The number of aliphatic hydroxyl groups is 1. The van der Waals surface area contributed by atoms with Gasteiger partial charge in [0, 0.05) is 10.7 Å². The second-order valence-corrected chi connectivity index (χ2v) is 8.29. The molecule has 0 aliphatic carbocycles. The van der Waals surface area contributed by atoms with E-state index >= 15 is 0 Å². The van der Waals surface area contributed by atoms with E-state index in [1.54, 1.807) is 56.3 Å². The number of anilines is 1. The van der Waals surface area contributed by atoms with Crippen molar-refractivity contribution in [3.8, 4) is 5.75 Å². The Morgan fingerprint density at radius 3 is 2.50 bits per heavy atom. The first kappa shape index (κ1) is 22.0. The van der Waals surface area contributed by atoms with Crippen molar-refractivity contribution < 1.29 is 23.8 Å². The maximum absolute atomic E-state index is 13.2. The highest BCUT2D eigenvalue weighted by Crippen LogP contribution is 2.45. The van der Waals surface area contributed by atoms with Gasteiger partial charge in [-0.15, -0.1) is 0 Å². The number of hydrogen-bond acceptors (Lipinski definition) is 5. The second kappa shape index (κ2) is 8.37. The number of amides is 1. The van der Waals surface area contributed by atoms with E-state index < -0.39 is 23.5 Å². The molecule has 0 radical (unpaired) electrons. The first-order valence-corrected chi connectivity index (χ1v) is 10.4. The highest BCUT2D eigenvalue weighted by atomic mass is 35.5. The molecule has 1 aliphatic rings. The number of hydrogen-bond donors (Lipinski definition) is 1. The maximum Gasteiger partial charge on any atom is 0.300 e. The number of rotatable bonds is 4. The lowest BCUT2D eigenvalue weighted by Crippen LogP contribution is -2.29. The predicted molar refractivity (Wildman–Crippen MR) is 122 cm³/mol. The van der Waals surface area contributed by atoms with E-state index in [0.29, 0.717) is 22.0 Å². The molecular weight excluding hydrogens is 453 g/mol. The van der Waals surface area contributed by atoms with Gasteiger partial charge in [-0.05, 0) is 67.4 Å². The number of ketones is 1. The summed E-state index contributed by atoms with van der Waals surface area (Å²) in [6.45, 7) is 3.57. The number of ether oxygens (including phenoxy) is 1. The first-order chi connectivity index (χ1) is 15.2. The molecule has 8 heteroatoms. The molecule has 4 rings (SSSR count). The Labute approximate surface area is 194 Å². The second-order valence-electron chi connectivity index (χ2n) is 7.44. The van der Waals surface area contributed by atoms with E-state index in [9.17, 15) is 14.7 Å². The minimum absolute atomic E-state index is 0.126. The number of nitrogens with zero attached hydrogens (tertiary/aromatic N) is 1. The van der Waals surface area contributed by atoms with Gasteiger partial charge in [0.05, 0.1) is 29.5 Å². The first-order valence-electron chi connectivity index (χ1n) is 9.69. The van der Waals surface area contributed by atoms with E-state index in [4.69, 9.17) is 32.4 Å². The predicted octanol–water partition coefficient (Wildman–Crippen LogP) is 5.84.